The number of hydrogen-bond donors (Lipinski definition) is 0. The van der Waals surface area contributed by atoms with E-state index in [0.29, 0.717) is 10.4 Å². The van der Waals surface area contributed by atoms with Gasteiger partial charge < -0.3 is 4.74 Å². The van der Waals surface area contributed by atoms with Crippen LogP contribution in [0.1, 0.15) is 0 Å². The van der Waals surface area contributed by atoms with Crippen LogP contribution in [-0.2, 0) is 4.74 Å². The van der Waals surface area contributed by atoms with E-state index < -0.39 is 0 Å². The fraction of sp³-hybridized carbons (Fsp3) is 0.250. The third kappa shape index (κ3) is 2.47. The minimum absolute atomic E-state index is 0.240. The SMILES string of the molecule is COCSc1cccc(F)c1Br. The zero-order chi connectivity index (χ0) is 8.97. The molecule has 0 N–H and O–H groups in total. The smallest absolute Gasteiger partial charge is 0.138 e. The Hall–Kier alpha value is -0.0600. The first-order chi connectivity index (χ1) is 5.75. The predicted molar refractivity (Wildman–Crippen MR) is 51.8 cm³/mol. The summed E-state index contributed by atoms with van der Waals surface area (Å²) < 4.78 is 18.3. The molecule has 0 aliphatic carbocycles. The van der Waals surface area contributed by atoms with Crippen molar-refractivity contribution in [2.45, 2.75) is 4.90 Å². The lowest BCUT2D eigenvalue weighted by Crippen LogP contribution is -1.84. The highest BCUT2D eigenvalue weighted by Gasteiger charge is 2.04. The lowest BCUT2D eigenvalue weighted by Gasteiger charge is -2.02. The minimum atomic E-state index is -0.240. The van der Waals surface area contributed by atoms with Crippen LogP contribution in [0.3, 0.4) is 0 Å². The Morgan fingerprint density at radius 2 is 2.33 bits per heavy atom. The quantitative estimate of drug-likeness (QED) is 0.602. The molecule has 12 heavy (non-hydrogen) atoms. The second kappa shape index (κ2) is 4.84. The Morgan fingerprint density at radius 3 is 3.00 bits per heavy atom. The standard InChI is InChI=1S/C8H8BrFOS/c1-11-5-12-7-4-2-3-6(10)8(7)9/h2-4H,5H2,1H3. The molecule has 0 aromatic heterocycles. The van der Waals surface area contributed by atoms with Gasteiger partial charge in [-0.3, -0.25) is 0 Å². The maximum absolute atomic E-state index is 12.9. The lowest BCUT2D eigenvalue weighted by atomic mass is 10.3. The second-order valence-corrected chi connectivity index (χ2v) is 3.86. The largest absolute Gasteiger partial charge is 0.374 e. The molecule has 1 aromatic carbocycles. The predicted octanol–water partition coefficient (Wildman–Crippen LogP) is 3.28. The fourth-order valence-corrected chi connectivity index (χ4v) is 1.97. The molecule has 0 atom stereocenters. The van der Waals surface area contributed by atoms with E-state index in [1.165, 1.54) is 17.8 Å². The van der Waals surface area contributed by atoms with Crippen molar-refractivity contribution in [2.75, 3.05) is 13.0 Å². The molecule has 1 nitrogen and oxygen atoms in total. The summed E-state index contributed by atoms with van der Waals surface area (Å²) in [6.45, 7) is 0. The number of rotatable bonds is 3. The molecule has 0 aliphatic heterocycles. The number of methoxy groups -OCH3 is 1. The van der Waals surface area contributed by atoms with Crippen molar-refractivity contribution in [2.24, 2.45) is 0 Å². The van der Waals surface area contributed by atoms with Gasteiger partial charge in [-0.15, -0.1) is 0 Å². The molecule has 0 radical (unpaired) electrons. The monoisotopic (exact) mass is 250 g/mol. The zero-order valence-electron chi connectivity index (χ0n) is 6.51. The molecule has 0 saturated carbocycles. The van der Waals surface area contributed by atoms with Crippen LogP contribution < -0.4 is 0 Å². The maximum atomic E-state index is 12.9. The lowest BCUT2D eigenvalue weighted by molar-refractivity contribution is 0.259. The molecule has 0 saturated heterocycles. The van der Waals surface area contributed by atoms with Gasteiger partial charge in [-0.25, -0.2) is 4.39 Å². The second-order valence-electron chi connectivity index (χ2n) is 2.10. The van der Waals surface area contributed by atoms with Crippen molar-refractivity contribution in [1.82, 2.24) is 0 Å². The number of halogens is 2. The molecule has 1 aromatic rings. The van der Waals surface area contributed by atoms with Crippen molar-refractivity contribution < 1.29 is 9.13 Å². The Bertz CT molecular complexity index is 267. The summed E-state index contributed by atoms with van der Waals surface area (Å²) in [5, 5.41) is 0. The number of ether oxygens (including phenoxy) is 1. The van der Waals surface area contributed by atoms with Crippen LogP contribution in [0, 0.1) is 5.82 Å². The minimum Gasteiger partial charge on any atom is -0.374 e. The van der Waals surface area contributed by atoms with E-state index in [1.54, 1.807) is 13.2 Å². The Labute approximate surface area is 83.4 Å². The van der Waals surface area contributed by atoms with E-state index in [2.05, 4.69) is 15.9 Å². The van der Waals surface area contributed by atoms with Crippen LogP contribution in [0.4, 0.5) is 4.39 Å². The zero-order valence-corrected chi connectivity index (χ0v) is 8.91. The normalized spacial score (nSPS) is 10.2. The maximum Gasteiger partial charge on any atom is 0.138 e. The average Bonchev–Trinajstić information content (AvgIpc) is 2.08. The van der Waals surface area contributed by atoms with Crippen molar-refractivity contribution in [3.63, 3.8) is 0 Å². The van der Waals surface area contributed by atoms with Crippen LogP contribution in [0.25, 0.3) is 0 Å². The van der Waals surface area contributed by atoms with Gasteiger partial charge in [0.05, 0.1) is 10.4 Å². The van der Waals surface area contributed by atoms with Crippen LogP contribution in [-0.4, -0.2) is 13.0 Å². The summed E-state index contributed by atoms with van der Waals surface area (Å²) in [6.07, 6.45) is 0. The summed E-state index contributed by atoms with van der Waals surface area (Å²) in [4.78, 5) is 0.858. The average molecular weight is 251 g/mol. The van der Waals surface area contributed by atoms with E-state index in [4.69, 9.17) is 4.74 Å². The molecular formula is C8H8BrFOS. The van der Waals surface area contributed by atoms with Crippen molar-refractivity contribution in [3.8, 4) is 0 Å². The van der Waals surface area contributed by atoms with Crippen molar-refractivity contribution >= 4 is 27.7 Å². The summed E-state index contributed by atoms with van der Waals surface area (Å²) in [5.41, 5.74) is 0. The summed E-state index contributed by atoms with van der Waals surface area (Å²) in [5.74, 6) is 0.290. The molecular weight excluding hydrogens is 243 g/mol. The van der Waals surface area contributed by atoms with E-state index in [0.717, 1.165) is 4.90 Å². The highest BCUT2D eigenvalue weighted by molar-refractivity contribution is 9.10. The molecule has 0 heterocycles. The molecule has 0 unspecified atom stereocenters. The van der Waals surface area contributed by atoms with E-state index >= 15 is 0 Å². The summed E-state index contributed by atoms with van der Waals surface area (Å²) in [7, 11) is 1.61. The fourth-order valence-electron chi connectivity index (χ4n) is 0.718. The molecule has 4 heteroatoms. The third-order valence-electron chi connectivity index (χ3n) is 1.25. The van der Waals surface area contributed by atoms with Gasteiger partial charge in [-0.1, -0.05) is 17.8 Å². The van der Waals surface area contributed by atoms with Crippen molar-refractivity contribution in [3.05, 3.63) is 28.5 Å². The number of thioether (sulfide) groups is 1. The Balaban J connectivity index is 2.78. The molecule has 0 aliphatic rings. The van der Waals surface area contributed by atoms with Crippen LogP contribution in [0.2, 0.25) is 0 Å². The first-order valence-electron chi connectivity index (χ1n) is 3.31. The molecule has 0 amide bonds. The van der Waals surface area contributed by atoms with Gasteiger partial charge in [0.25, 0.3) is 0 Å². The van der Waals surface area contributed by atoms with Gasteiger partial charge in [0.2, 0.25) is 0 Å². The van der Waals surface area contributed by atoms with E-state index in [1.807, 2.05) is 6.07 Å². The van der Waals surface area contributed by atoms with Crippen LogP contribution >= 0.6 is 27.7 Å². The highest BCUT2D eigenvalue weighted by Crippen LogP contribution is 2.29. The van der Waals surface area contributed by atoms with E-state index in [-0.39, 0.29) is 5.82 Å². The van der Waals surface area contributed by atoms with Gasteiger partial charge in [0.1, 0.15) is 5.82 Å². The van der Waals surface area contributed by atoms with Gasteiger partial charge in [-0.2, -0.15) is 0 Å². The summed E-state index contributed by atoms with van der Waals surface area (Å²) >= 11 is 4.61. The highest BCUT2D eigenvalue weighted by atomic mass is 79.9. The topological polar surface area (TPSA) is 9.23 Å². The molecule has 66 valence electrons. The van der Waals surface area contributed by atoms with Gasteiger partial charge in [0.15, 0.2) is 0 Å². The first-order valence-corrected chi connectivity index (χ1v) is 5.09. The molecule has 0 fully saturated rings. The van der Waals surface area contributed by atoms with Crippen molar-refractivity contribution in [1.29, 1.82) is 0 Å². The molecule has 1 rings (SSSR count). The van der Waals surface area contributed by atoms with Gasteiger partial charge in [0, 0.05) is 12.0 Å². The Kier molecular flexibility index (Phi) is 4.05. The summed E-state index contributed by atoms with van der Waals surface area (Å²) in [6, 6.07) is 4.94. The van der Waals surface area contributed by atoms with Crippen LogP contribution in [0.5, 0.6) is 0 Å². The first kappa shape index (κ1) is 10.0. The Morgan fingerprint density at radius 1 is 1.58 bits per heavy atom. The molecule has 0 bridgehead atoms. The van der Waals surface area contributed by atoms with Crippen LogP contribution in [0.15, 0.2) is 27.6 Å². The number of benzene rings is 1. The van der Waals surface area contributed by atoms with Gasteiger partial charge >= 0.3 is 0 Å². The molecule has 0 spiro atoms. The third-order valence-corrected chi connectivity index (χ3v) is 3.32. The van der Waals surface area contributed by atoms with Gasteiger partial charge in [-0.05, 0) is 28.1 Å². The number of hydrogen-bond acceptors (Lipinski definition) is 2. The van der Waals surface area contributed by atoms with E-state index in [9.17, 15) is 4.39 Å².